The highest BCUT2D eigenvalue weighted by molar-refractivity contribution is 5.89. The Hall–Kier alpha value is -3.51. The number of urea groups is 1. The molecule has 2 amide bonds. The zero-order valence-corrected chi connectivity index (χ0v) is 20.1. The summed E-state index contributed by atoms with van der Waals surface area (Å²) in [5.41, 5.74) is 9.41. The minimum Gasteiger partial charge on any atom is -0.497 e. The van der Waals surface area contributed by atoms with Gasteiger partial charge in [0.2, 0.25) is 0 Å². The normalized spacial score (nSPS) is 11.6. The molecule has 180 valence electrons. The van der Waals surface area contributed by atoms with Gasteiger partial charge in [0.15, 0.2) is 0 Å². The highest BCUT2D eigenvalue weighted by Crippen LogP contribution is 2.27. The van der Waals surface area contributed by atoms with Crippen molar-refractivity contribution >= 4 is 11.7 Å². The van der Waals surface area contributed by atoms with Gasteiger partial charge in [-0.15, -0.1) is 0 Å². The second-order valence-electron chi connectivity index (χ2n) is 8.31. The molecule has 6 nitrogen and oxygen atoms in total. The molecule has 0 aromatic heterocycles. The number of amides is 2. The first-order valence-electron chi connectivity index (χ1n) is 11.8. The van der Waals surface area contributed by atoms with E-state index in [1.54, 1.807) is 7.11 Å². The summed E-state index contributed by atoms with van der Waals surface area (Å²) in [6.07, 6.45) is 3.06. The van der Waals surface area contributed by atoms with Crippen molar-refractivity contribution in [2.24, 2.45) is 5.73 Å². The summed E-state index contributed by atoms with van der Waals surface area (Å²) >= 11 is 0. The van der Waals surface area contributed by atoms with Crippen LogP contribution in [0.2, 0.25) is 0 Å². The van der Waals surface area contributed by atoms with Crippen molar-refractivity contribution in [3.05, 3.63) is 89.5 Å². The van der Waals surface area contributed by atoms with Gasteiger partial charge in [-0.3, -0.25) is 0 Å². The van der Waals surface area contributed by atoms with Crippen LogP contribution in [-0.2, 0) is 13.0 Å². The number of primary amides is 1. The van der Waals surface area contributed by atoms with Crippen LogP contribution in [0, 0.1) is 0 Å². The molecule has 0 aliphatic rings. The zero-order chi connectivity index (χ0) is 24.2. The van der Waals surface area contributed by atoms with E-state index in [1.165, 1.54) is 5.56 Å². The first kappa shape index (κ1) is 25.1. The lowest BCUT2D eigenvalue weighted by molar-refractivity contribution is 0.259. The van der Waals surface area contributed by atoms with Gasteiger partial charge in [-0.1, -0.05) is 61.9 Å². The van der Waals surface area contributed by atoms with E-state index < -0.39 is 6.03 Å². The van der Waals surface area contributed by atoms with Crippen molar-refractivity contribution in [1.29, 1.82) is 0 Å². The molecular weight excluding hydrogens is 426 g/mol. The Kier molecular flexibility index (Phi) is 9.80. The molecule has 0 saturated heterocycles. The third-order valence-corrected chi connectivity index (χ3v) is 5.72. The van der Waals surface area contributed by atoms with E-state index in [0.717, 1.165) is 49.2 Å². The van der Waals surface area contributed by atoms with E-state index in [2.05, 4.69) is 29.7 Å². The Labute approximate surface area is 202 Å². The number of carbonyl (C=O) groups excluding carboxylic acids is 1. The number of nitrogens with one attached hydrogen (secondary N) is 2. The Morgan fingerprint density at radius 2 is 1.82 bits per heavy atom. The summed E-state index contributed by atoms with van der Waals surface area (Å²) in [5.74, 6) is 1.92. The molecule has 4 N–H and O–H groups in total. The average molecular weight is 462 g/mol. The van der Waals surface area contributed by atoms with Crippen molar-refractivity contribution in [2.45, 2.75) is 38.7 Å². The summed E-state index contributed by atoms with van der Waals surface area (Å²) < 4.78 is 11.3. The predicted molar refractivity (Wildman–Crippen MR) is 138 cm³/mol. The van der Waals surface area contributed by atoms with Gasteiger partial charge < -0.3 is 25.8 Å². The van der Waals surface area contributed by atoms with Crippen molar-refractivity contribution in [2.75, 3.05) is 25.5 Å². The van der Waals surface area contributed by atoms with Crippen molar-refractivity contribution < 1.29 is 14.3 Å². The summed E-state index contributed by atoms with van der Waals surface area (Å²) in [4.78, 5) is 11.5. The quantitative estimate of drug-likeness (QED) is 0.294. The second kappa shape index (κ2) is 13.3. The summed E-state index contributed by atoms with van der Waals surface area (Å²) in [6.45, 7) is 4.34. The molecule has 1 unspecified atom stereocenters. The van der Waals surface area contributed by atoms with Crippen molar-refractivity contribution in [3.63, 3.8) is 0 Å². The minimum atomic E-state index is -0.611. The maximum atomic E-state index is 11.5. The van der Waals surface area contributed by atoms with Crippen LogP contribution in [0.4, 0.5) is 10.5 Å². The number of hydrogen-bond donors (Lipinski definition) is 3. The number of rotatable bonds is 13. The average Bonchev–Trinajstić information content (AvgIpc) is 2.85. The van der Waals surface area contributed by atoms with E-state index in [-0.39, 0.29) is 0 Å². The van der Waals surface area contributed by atoms with E-state index in [4.69, 9.17) is 15.2 Å². The van der Waals surface area contributed by atoms with E-state index in [1.807, 2.05) is 60.7 Å². The van der Waals surface area contributed by atoms with Crippen LogP contribution in [0.3, 0.4) is 0 Å². The summed E-state index contributed by atoms with van der Waals surface area (Å²) in [6, 6.07) is 23.4. The zero-order valence-electron chi connectivity index (χ0n) is 20.1. The molecular formula is C28H35N3O3. The van der Waals surface area contributed by atoms with Crippen molar-refractivity contribution in [3.8, 4) is 11.5 Å². The molecule has 0 saturated carbocycles. The molecule has 0 aliphatic heterocycles. The van der Waals surface area contributed by atoms with Crippen LogP contribution in [0.1, 0.15) is 42.4 Å². The molecule has 0 fully saturated rings. The molecule has 3 rings (SSSR count). The summed E-state index contributed by atoms with van der Waals surface area (Å²) in [7, 11) is 1.70. The fourth-order valence-electron chi connectivity index (χ4n) is 3.96. The molecule has 0 radical (unpaired) electrons. The minimum absolute atomic E-state index is 0.415. The number of methoxy groups -OCH3 is 1. The molecule has 34 heavy (non-hydrogen) atoms. The van der Waals surface area contributed by atoms with E-state index in [0.29, 0.717) is 24.0 Å². The number of hydrogen-bond acceptors (Lipinski definition) is 4. The number of ether oxygens (including phenoxy) is 2. The van der Waals surface area contributed by atoms with Gasteiger partial charge in [0.25, 0.3) is 0 Å². The molecule has 1 atom stereocenters. The summed E-state index contributed by atoms with van der Waals surface area (Å²) in [5, 5.41) is 6.28. The maximum absolute atomic E-state index is 11.5. The van der Waals surface area contributed by atoms with Gasteiger partial charge in [0.05, 0.1) is 12.8 Å². The Morgan fingerprint density at radius 3 is 2.56 bits per heavy atom. The molecule has 0 aliphatic carbocycles. The van der Waals surface area contributed by atoms with Gasteiger partial charge in [-0.25, -0.2) is 4.79 Å². The topological polar surface area (TPSA) is 85.6 Å². The smallest absolute Gasteiger partial charge is 0.316 e. The number of benzene rings is 3. The SMILES string of the molecule is CCCC(CNCCc1ccc(OCc2ccccc2)c(NC(N)=O)c1)c1cccc(OC)c1. The monoisotopic (exact) mass is 461 g/mol. The van der Waals surface area contributed by atoms with Gasteiger partial charge in [0, 0.05) is 6.54 Å². The Bertz CT molecular complexity index is 1040. The largest absolute Gasteiger partial charge is 0.497 e. The third-order valence-electron chi connectivity index (χ3n) is 5.72. The van der Waals surface area contributed by atoms with Gasteiger partial charge >= 0.3 is 6.03 Å². The highest BCUT2D eigenvalue weighted by atomic mass is 16.5. The molecule has 0 spiro atoms. The molecule has 6 heteroatoms. The van der Waals surface area contributed by atoms with Crippen LogP contribution in [-0.4, -0.2) is 26.2 Å². The molecule has 3 aromatic rings. The second-order valence-corrected chi connectivity index (χ2v) is 8.31. The Morgan fingerprint density at radius 1 is 1.00 bits per heavy atom. The van der Waals surface area contributed by atoms with Crippen LogP contribution in [0.15, 0.2) is 72.8 Å². The first-order valence-corrected chi connectivity index (χ1v) is 11.8. The van der Waals surface area contributed by atoms with Crippen LogP contribution >= 0.6 is 0 Å². The Balaban J connectivity index is 1.58. The lowest BCUT2D eigenvalue weighted by atomic mass is 9.94. The first-order chi connectivity index (χ1) is 16.6. The van der Waals surface area contributed by atoms with Crippen LogP contribution in [0.25, 0.3) is 0 Å². The fraction of sp³-hybridized carbons (Fsp3) is 0.321. The lowest BCUT2D eigenvalue weighted by Crippen LogP contribution is -2.24. The molecule has 3 aromatic carbocycles. The highest BCUT2D eigenvalue weighted by Gasteiger charge is 2.12. The lowest BCUT2D eigenvalue weighted by Gasteiger charge is -2.18. The standard InChI is InChI=1S/C28H35N3O3/c1-3-8-24(23-11-7-12-25(18-23)33-2)19-30-16-15-21-13-14-27(26(17-21)31-28(29)32)34-20-22-9-5-4-6-10-22/h4-7,9-14,17-18,24,30H,3,8,15-16,19-20H2,1-2H3,(H3,29,31,32). The van der Waals surface area contributed by atoms with Crippen molar-refractivity contribution in [1.82, 2.24) is 5.32 Å². The molecule has 0 bridgehead atoms. The number of carbonyl (C=O) groups is 1. The van der Waals surface area contributed by atoms with Gasteiger partial charge in [-0.05, 0) is 66.3 Å². The van der Waals surface area contributed by atoms with E-state index in [9.17, 15) is 4.79 Å². The van der Waals surface area contributed by atoms with Gasteiger partial charge in [-0.2, -0.15) is 0 Å². The fourth-order valence-corrected chi connectivity index (χ4v) is 3.96. The van der Waals surface area contributed by atoms with E-state index >= 15 is 0 Å². The maximum Gasteiger partial charge on any atom is 0.316 e. The number of anilines is 1. The number of nitrogens with two attached hydrogens (primary N) is 1. The van der Waals surface area contributed by atoms with Crippen LogP contribution < -0.4 is 25.8 Å². The third kappa shape index (κ3) is 7.81. The van der Waals surface area contributed by atoms with Crippen LogP contribution in [0.5, 0.6) is 11.5 Å². The molecule has 0 heterocycles. The predicted octanol–water partition coefficient (Wildman–Crippen LogP) is 5.48. The van der Waals surface area contributed by atoms with Gasteiger partial charge in [0.1, 0.15) is 18.1 Å².